The number of phenols is 1. The minimum atomic E-state index is -0.505. The van der Waals surface area contributed by atoms with Gasteiger partial charge in [0.2, 0.25) is 0 Å². The SMILES string of the molecule is CC(C)(C)OC(=O)N(Cc1ccccc1)C1CCC(c2ccc(O)cc2)CC1. The molecule has 4 heteroatoms. The lowest BCUT2D eigenvalue weighted by atomic mass is 9.81. The Labute approximate surface area is 168 Å². The van der Waals surface area contributed by atoms with Crippen molar-refractivity contribution < 1.29 is 14.6 Å². The molecule has 28 heavy (non-hydrogen) atoms. The molecule has 1 amide bonds. The van der Waals surface area contributed by atoms with Crippen LogP contribution in [0.4, 0.5) is 4.79 Å². The molecule has 0 aromatic heterocycles. The first-order chi connectivity index (χ1) is 13.3. The maximum Gasteiger partial charge on any atom is 0.410 e. The van der Waals surface area contributed by atoms with Crippen LogP contribution in [0.25, 0.3) is 0 Å². The average Bonchev–Trinajstić information content (AvgIpc) is 2.66. The molecule has 0 bridgehead atoms. The quantitative estimate of drug-likeness (QED) is 0.722. The number of hydrogen-bond donors (Lipinski definition) is 1. The highest BCUT2D eigenvalue weighted by molar-refractivity contribution is 5.68. The first kappa shape index (κ1) is 20.2. The minimum Gasteiger partial charge on any atom is -0.508 e. The molecule has 0 aliphatic heterocycles. The summed E-state index contributed by atoms with van der Waals surface area (Å²) in [6.07, 6.45) is 3.74. The lowest BCUT2D eigenvalue weighted by Crippen LogP contribution is -2.44. The molecule has 1 aliphatic rings. The van der Waals surface area contributed by atoms with Gasteiger partial charge in [0.1, 0.15) is 11.4 Å². The Hall–Kier alpha value is -2.49. The largest absolute Gasteiger partial charge is 0.508 e. The number of carbonyl (C=O) groups is 1. The highest BCUT2D eigenvalue weighted by Crippen LogP contribution is 2.36. The Morgan fingerprint density at radius 2 is 1.61 bits per heavy atom. The van der Waals surface area contributed by atoms with E-state index in [-0.39, 0.29) is 12.1 Å². The van der Waals surface area contributed by atoms with E-state index in [4.69, 9.17) is 4.74 Å². The van der Waals surface area contributed by atoms with Crippen molar-refractivity contribution in [1.82, 2.24) is 4.90 Å². The van der Waals surface area contributed by atoms with Gasteiger partial charge < -0.3 is 14.7 Å². The molecule has 0 spiro atoms. The number of carbonyl (C=O) groups excluding carboxylic acids is 1. The summed E-state index contributed by atoms with van der Waals surface area (Å²) in [7, 11) is 0. The van der Waals surface area contributed by atoms with Gasteiger partial charge in [-0.25, -0.2) is 4.79 Å². The van der Waals surface area contributed by atoms with Crippen molar-refractivity contribution in [2.75, 3.05) is 0 Å². The van der Waals surface area contributed by atoms with Crippen LogP contribution in [0.15, 0.2) is 54.6 Å². The summed E-state index contributed by atoms with van der Waals surface area (Å²) < 4.78 is 5.71. The Morgan fingerprint density at radius 3 is 2.18 bits per heavy atom. The van der Waals surface area contributed by atoms with Crippen LogP contribution < -0.4 is 0 Å². The maximum atomic E-state index is 12.9. The molecule has 1 fully saturated rings. The number of amides is 1. The smallest absolute Gasteiger partial charge is 0.410 e. The molecule has 4 nitrogen and oxygen atoms in total. The molecule has 0 atom stereocenters. The van der Waals surface area contributed by atoms with Crippen LogP contribution in [0.5, 0.6) is 5.75 Å². The van der Waals surface area contributed by atoms with Gasteiger partial charge in [0.25, 0.3) is 0 Å². The third kappa shape index (κ3) is 5.51. The fourth-order valence-corrected chi connectivity index (χ4v) is 3.91. The van der Waals surface area contributed by atoms with Crippen LogP contribution in [0.3, 0.4) is 0 Å². The first-order valence-corrected chi connectivity index (χ1v) is 10.1. The van der Waals surface area contributed by atoms with Gasteiger partial charge in [0.05, 0.1) is 0 Å². The predicted octanol–water partition coefficient (Wildman–Crippen LogP) is 5.86. The van der Waals surface area contributed by atoms with Gasteiger partial charge in [-0.1, -0.05) is 42.5 Å². The second kappa shape index (κ2) is 8.68. The highest BCUT2D eigenvalue weighted by atomic mass is 16.6. The zero-order valence-corrected chi connectivity index (χ0v) is 17.1. The van der Waals surface area contributed by atoms with Gasteiger partial charge in [-0.2, -0.15) is 0 Å². The van der Waals surface area contributed by atoms with E-state index < -0.39 is 5.60 Å². The fourth-order valence-electron chi connectivity index (χ4n) is 3.91. The Kier molecular flexibility index (Phi) is 6.28. The molecule has 1 saturated carbocycles. The Morgan fingerprint density at radius 1 is 1.00 bits per heavy atom. The molecule has 0 heterocycles. The number of hydrogen-bond acceptors (Lipinski definition) is 3. The van der Waals surface area contributed by atoms with Crippen molar-refractivity contribution in [3.05, 3.63) is 65.7 Å². The van der Waals surface area contributed by atoms with Gasteiger partial charge in [-0.15, -0.1) is 0 Å². The first-order valence-electron chi connectivity index (χ1n) is 10.1. The summed E-state index contributed by atoms with van der Waals surface area (Å²) in [5.41, 5.74) is 1.88. The molecule has 0 saturated heterocycles. The van der Waals surface area contributed by atoms with E-state index in [2.05, 4.69) is 12.1 Å². The van der Waals surface area contributed by atoms with E-state index in [0.717, 1.165) is 31.2 Å². The monoisotopic (exact) mass is 381 g/mol. The third-order valence-electron chi connectivity index (χ3n) is 5.33. The standard InChI is InChI=1S/C24H31NO3/c1-24(2,3)28-23(27)25(17-18-7-5-4-6-8-18)21-13-9-19(10-14-21)20-11-15-22(26)16-12-20/h4-8,11-12,15-16,19,21,26H,9-10,13-14,17H2,1-3H3. The number of aromatic hydroxyl groups is 1. The van der Waals surface area contributed by atoms with Crippen LogP contribution in [0, 0.1) is 0 Å². The molecule has 2 aromatic carbocycles. The normalized spacial score (nSPS) is 19.8. The summed E-state index contributed by atoms with van der Waals surface area (Å²) in [5, 5.41) is 9.51. The second-order valence-corrected chi connectivity index (χ2v) is 8.69. The number of phenolic OH excluding ortho intramolecular Hbond substituents is 1. The highest BCUT2D eigenvalue weighted by Gasteiger charge is 2.32. The van der Waals surface area contributed by atoms with Crippen molar-refractivity contribution in [3.8, 4) is 5.75 Å². The summed E-state index contributed by atoms with van der Waals surface area (Å²) >= 11 is 0. The minimum absolute atomic E-state index is 0.184. The zero-order chi connectivity index (χ0) is 20.1. The lowest BCUT2D eigenvalue weighted by molar-refractivity contribution is 0.00921. The average molecular weight is 382 g/mol. The summed E-state index contributed by atoms with van der Waals surface area (Å²) in [6.45, 7) is 6.30. The lowest BCUT2D eigenvalue weighted by Gasteiger charge is -2.38. The van der Waals surface area contributed by atoms with E-state index >= 15 is 0 Å². The van der Waals surface area contributed by atoms with Crippen LogP contribution >= 0.6 is 0 Å². The molecule has 2 aromatic rings. The van der Waals surface area contributed by atoms with E-state index in [0.29, 0.717) is 18.2 Å². The van der Waals surface area contributed by atoms with Crippen molar-refractivity contribution >= 4 is 6.09 Å². The number of ether oxygens (including phenoxy) is 1. The van der Waals surface area contributed by atoms with E-state index in [1.807, 2.05) is 56.0 Å². The summed E-state index contributed by atoms with van der Waals surface area (Å²) in [5.74, 6) is 0.783. The number of rotatable bonds is 4. The molecule has 1 N–H and O–H groups in total. The van der Waals surface area contributed by atoms with E-state index in [1.54, 1.807) is 12.1 Å². The van der Waals surface area contributed by atoms with E-state index in [1.165, 1.54) is 5.56 Å². The van der Waals surface area contributed by atoms with Crippen molar-refractivity contribution in [3.63, 3.8) is 0 Å². The number of benzene rings is 2. The molecule has 0 unspecified atom stereocenters. The van der Waals surface area contributed by atoms with E-state index in [9.17, 15) is 9.90 Å². The van der Waals surface area contributed by atoms with Crippen molar-refractivity contribution in [2.24, 2.45) is 0 Å². The molecular weight excluding hydrogens is 350 g/mol. The van der Waals surface area contributed by atoms with Crippen LogP contribution in [-0.2, 0) is 11.3 Å². The van der Waals surface area contributed by atoms with Crippen LogP contribution in [0.1, 0.15) is 63.5 Å². The molecule has 3 rings (SSSR count). The Balaban J connectivity index is 1.69. The van der Waals surface area contributed by atoms with Crippen molar-refractivity contribution in [2.45, 2.75) is 70.6 Å². The maximum absolute atomic E-state index is 12.9. The van der Waals surface area contributed by atoms with Gasteiger partial charge in [0.15, 0.2) is 0 Å². The van der Waals surface area contributed by atoms with Gasteiger partial charge in [-0.05, 0) is 75.6 Å². The van der Waals surface area contributed by atoms with Gasteiger partial charge in [-0.3, -0.25) is 0 Å². The summed E-state index contributed by atoms with van der Waals surface area (Å²) in [4.78, 5) is 14.8. The zero-order valence-electron chi connectivity index (χ0n) is 17.1. The molecule has 0 radical (unpaired) electrons. The second-order valence-electron chi connectivity index (χ2n) is 8.69. The summed E-state index contributed by atoms with van der Waals surface area (Å²) in [6, 6.07) is 17.8. The number of nitrogens with zero attached hydrogens (tertiary/aromatic N) is 1. The topological polar surface area (TPSA) is 49.8 Å². The molecule has 150 valence electrons. The van der Waals surface area contributed by atoms with Gasteiger partial charge >= 0.3 is 6.09 Å². The fraction of sp³-hybridized carbons (Fsp3) is 0.458. The van der Waals surface area contributed by atoms with Crippen molar-refractivity contribution in [1.29, 1.82) is 0 Å². The molecule has 1 aliphatic carbocycles. The third-order valence-corrected chi connectivity index (χ3v) is 5.33. The van der Waals surface area contributed by atoms with Gasteiger partial charge in [0, 0.05) is 12.6 Å². The van der Waals surface area contributed by atoms with Crippen LogP contribution in [-0.4, -0.2) is 27.7 Å². The van der Waals surface area contributed by atoms with Crippen LogP contribution in [0.2, 0.25) is 0 Å². The molecular formula is C24H31NO3. The Bertz CT molecular complexity index is 757. The predicted molar refractivity (Wildman–Crippen MR) is 111 cm³/mol.